The maximum atomic E-state index is 12.1. The van der Waals surface area contributed by atoms with E-state index < -0.39 is 5.97 Å². The van der Waals surface area contributed by atoms with Crippen molar-refractivity contribution in [2.45, 2.75) is 52.4 Å². The average molecular weight is 367 g/mol. The molecule has 0 aromatic heterocycles. The summed E-state index contributed by atoms with van der Waals surface area (Å²) >= 11 is 0. The lowest BCUT2D eigenvalue weighted by Gasteiger charge is -2.40. The Kier molecular flexibility index (Phi) is 4.71. The minimum atomic E-state index is -0.921. The zero-order valence-corrected chi connectivity index (χ0v) is 17.1. The number of nitrogens with zero attached hydrogens (tertiary/aromatic N) is 1. The van der Waals surface area contributed by atoms with Crippen molar-refractivity contribution in [2.24, 2.45) is 0 Å². The number of hydrogen-bond acceptors (Lipinski definition) is 3. The molecule has 1 N–H and O–H groups in total. The summed E-state index contributed by atoms with van der Waals surface area (Å²) in [5, 5.41) is 9.89. The Labute approximate surface area is 161 Å². The SMILES string of the molecule is CC=CC(C)=C(C(=O)O)N1CCOc2cc3c(cc21)C(C)(C)C=CC3(C)C. The molecule has 0 unspecified atom stereocenters. The minimum absolute atomic E-state index is 0.0855. The van der Waals surface area contributed by atoms with Gasteiger partial charge in [0.15, 0.2) is 0 Å². The number of rotatable bonds is 3. The van der Waals surface area contributed by atoms with Crippen molar-refractivity contribution in [3.05, 3.63) is 58.8 Å². The molecule has 0 atom stereocenters. The van der Waals surface area contributed by atoms with Gasteiger partial charge in [-0.2, -0.15) is 0 Å². The summed E-state index contributed by atoms with van der Waals surface area (Å²) in [4.78, 5) is 13.9. The number of carboxylic acids is 1. The monoisotopic (exact) mass is 367 g/mol. The van der Waals surface area contributed by atoms with Gasteiger partial charge in [0.05, 0.1) is 12.2 Å². The molecular weight excluding hydrogens is 338 g/mol. The van der Waals surface area contributed by atoms with Crippen LogP contribution in [0.3, 0.4) is 0 Å². The van der Waals surface area contributed by atoms with Gasteiger partial charge in [-0.05, 0) is 42.7 Å². The first-order valence-corrected chi connectivity index (χ1v) is 9.45. The van der Waals surface area contributed by atoms with E-state index in [0.29, 0.717) is 18.8 Å². The summed E-state index contributed by atoms with van der Waals surface area (Å²) in [5.74, 6) is -0.165. The molecule has 1 aliphatic heterocycles. The van der Waals surface area contributed by atoms with E-state index in [2.05, 4.69) is 52.0 Å². The zero-order valence-electron chi connectivity index (χ0n) is 17.1. The first-order chi connectivity index (χ1) is 12.6. The molecule has 1 aromatic rings. The smallest absolute Gasteiger partial charge is 0.352 e. The summed E-state index contributed by atoms with van der Waals surface area (Å²) in [7, 11) is 0. The largest absolute Gasteiger partial charge is 0.490 e. The summed E-state index contributed by atoms with van der Waals surface area (Å²) in [6, 6.07) is 4.23. The molecule has 2 aliphatic rings. The van der Waals surface area contributed by atoms with Crippen molar-refractivity contribution in [3.63, 3.8) is 0 Å². The Balaban J connectivity index is 2.23. The van der Waals surface area contributed by atoms with Gasteiger partial charge in [0.1, 0.15) is 18.1 Å². The van der Waals surface area contributed by atoms with E-state index in [-0.39, 0.29) is 10.8 Å². The highest BCUT2D eigenvalue weighted by atomic mass is 16.5. The maximum Gasteiger partial charge on any atom is 0.352 e. The Morgan fingerprint density at radius 1 is 1.15 bits per heavy atom. The van der Waals surface area contributed by atoms with Gasteiger partial charge in [-0.1, -0.05) is 52.0 Å². The number of anilines is 1. The standard InChI is InChI=1S/C23H29NO3/c1-7-8-15(2)20(21(25)26)24-11-12-27-19-14-17-16(13-18(19)24)22(3,4)9-10-23(17,5)6/h7-10,13-14H,11-12H2,1-6H3,(H,25,26). The first kappa shape index (κ1) is 19.3. The predicted molar refractivity (Wildman–Crippen MR) is 110 cm³/mol. The number of allylic oxidation sites excluding steroid dienone is 5. The Hall–Kier alpha value is -2.49. The molecule has 27 heavy (non-hydrogen) atoms. The number of hydrogen-bond donors (Lipinski definition) is 1. The summed E-state index contributed by atoms with van der Waals surface area (Å²) in [5.41, 5.74) is 4.13. The molecule has 0 saturated carbocycles. The van der Waals surface area contributed by atoms with Gasteiger partial charge >= 0.3 is 5.97 Å². The van der Waals surface area contributed by atoms with Crippen LogP contribution in [0.25, 0.3) is 0 Å². The highest BCUT2D eigenvalue weighted by Crippen LogP contribution is 2.47. The molecule has 0 bridgehead atoms. The lowest BCUT2D eigenvalue weighted by molar-refractivity contribution is -0.132. The van der Waals surface area contributed by atoms with E-state index in [1.807, 2.05) is 30.9 Å². The first-order valence-electron chi connectivity index (χ1n) is 9.45. The van der Waals surface area contributed by atoms with Crippen molar-refractivity contribution in [1.29, 1.82) is 0 Å². The van der Waals surface area contributed by atoms with Gasteiger partial charge < -0.3 is 14.7 Å². The lowest BCUT2D eigenvalue weighted by atomic mass is 9.68. The molecule has 1 aliphatic carbocycles. The second-order valence-corrected chi connectivity index (χ2v) is 8.48. The average Bonchev–Trinajstić information content (AvgIpc) is 2.58. The van der Waals surface area contributed by atoms with Crippen LogP contribution in [0.1, 0.15) is 52.7 Å². The van der Waals surface area contributed by atoms with E-state index in [9.17, 15) is 9.90 Å². The quantitative estimate of drug-likeness (QED) is 0.467. The Morgan fingerprint density at radius 3 is 2.30 bits per heavy atom. The van der Waals surface area contributed by atoms with E-state index in [1.54, 1.807) is 0 Å². The number of aliphatic carboxylic acids is 1. The summed E-state index contributed by atoms with van der Waals surface area (Å²) < 4.78 is 5.95. The molecule has 3 rings (SSSR count). The third-order valence-electron chi connectivity index (χ3n) is 5.53. The third-order valence-corrected chi connectivity index (χ3v) is 5.53. The van der Waals surface area contributed by atoms with Gasteiger partial charge in [0, 0.05) is 10.8 Å². The van der Waals surface area contributed by atoms with Gasteiger partial charge in [-0.25, -0.2) is 4.79 Å². The van der Waals surface area contributed by atoms with Crippen LogP contribution in [0, 0.1) is 0 Å². The van der Waals surface area contributed by atoms with Crippen LogP contribution < -0.4 is 9.64 Å². The molecular formula is C23H29NO3. The fourth-order valence-electron chi connectivity index (χ4n) is 3.98. The molecule has 0 saturated heterocycles. The van der Waals surface area contributed by atoms with Gasteiger partial charge in [0.25, 0.3) is 0 Å². The highest BCUT2D eigenvalue weighted by Gasteiger charge is 2.36. The van der Waals surface area contributed by atoms with Crippen molar-refractivity contribution >= 4 is 11.7 Å². The van der Waals surface area contributed by atoms with Crippen LogP contribution in [0.15, 0.2) is 47.7 Å². The Bertz CT molecular complexity index is 872. The fourth-order valence-corrected chi connectivity index (χ4v) is 3.98. The van der Waals surface area contributed by atoms with Crippen LogP contribution in [0.5, 0.6) is 5.75 Å². The molecule has 0 amide bonds. The van der Waals surface area contributed by atoms with Crippen LogP contribution in [-0.2, 0) is 15.6 Å². The van der Waals surface area contributed by atoms with Crippen molar-refractivity contribution in [1.82, 2.24) is 0 Å². The maximum absolute atomic E-state index is 12.1. The van der Waals surface area contributed by atoms with Crippen molar-refractivity contribution < 1.29 is 14.6 Å². The van der Waals surface area contributed by atoms with Crippen molar-refractivity contribution in [3.8, 4) is 5.75 Å². The topological polar surface area (TPSA) is 49.8 Å². The second-order valence-electron chi connectivity index (χ2n) is 8.48. The summed E-state index contributed by atoms with van der Waals surface area (Å²) in [6.07, 6.45) is 8.20. The van der Waals surface area contributed by atoms with Crippen LogP contribution in [-0.4, -0.2) is 24.2 Å². The number of benzene rings is 1. The zero-order chi connectivity index (χ0) is 20.0. The van der Waals surface area contributed by atoms with Crippen LogP contribution >= 0.6 is 0 Å². The highest BCUT2D eigenvalue weighted by molar-refractivity contribution is 5.93. The van der Waals surface area contributed by atoms with Gasteiger partial charge in [-0.15, -0.1) is 0 Å². The van der Waals surface area contributed by atoms with E-state index in [4.69, 9.17) is 4.74 Å². The van der Waals surface area contributed by atoms with Gasteiger partial charge in [-0.3, -0.25) is 0 Å². The van der Waals surface area contributed by atoms with E-state index in [0.717, 1.165) is 17.0 Å². The number of fused-ring (bicyclic) bond motifs is 2. The fraction of sp³-hybridized carbons (Fsp3) is 0.435. The minimum Gasteiger partial charge on any atom is -0.490 e. The molecule has 1 heterocycles. The van der Waals surface area contributed by atoms with E-state index in [1.165, 1.54) is 11.1 Å². The normalized spacial score (nSPS) is 20.6. The van der Waals surface area contributed by atoms with Gasteiger partial charge in [0.2, 0.25) is 0 Å². The predicted octanol–water partition coefficient (Wildman–Crippen LogP) is 4.95. The molecule has 0 fully saturated rings. The second kappa shape index (κ2) is 6.59. The molecule has 0 radical (unpaired) electrons. The number of carboxylic acid groups (broad SMARTS) is 1. The molecule has 4 nitrogen and oxygen atoms in total. The third kappa shape index (κ3) is 3.29. The molecule has 4 heteroatoms. The van der Waals surface area contributed by atoms with Crippen LogP contribution in [0.2, 0.25) is 0 Å². The lowest BCUT2D eigenvalue weighted by Crippen LogP contribution is -2.37. The molecule has 1 aromatic carbocycles. The number of ether oxygens (including phenoxy) is 1. The molecule has 0 spiro atoms. The van der Waals surface area contributed by atoms with Crippen molar-refractivity contribution in [2.75, 3.05) is 18.1 Å². The number of carbonyl (C=O) groups is 1. The van der Waals surface area contributed by atoms with E-state index >= 15 is 0 Å². The molecule has 144 valence electrons. The van der Waals surface area contributed by atoms with Crippen LogP contribution in [0.4, 0.5) is 5.69 Å². The summed E-state index contributed by atoms with van der Waals surface area (Å²) in [6.45, 7) is 13.5. The Morgan fingerprint density at radius 2 is 1.74 bits per heavy atom.